The second-order valence-corrected chi connectivity index (χ2v) is 17.1. The van der Waals surface area contributed by atoms with Crippen molar-refractivity contribution in [3.63, 3.8) is 0 Å². The van der Waals surface area contributed by atoms with E-state index in [9.17, 15) is 4.79 Å². The summed E-state index contributed by atoms with van der Waals surface area (Å²) in [5.41, 5.74) is 0.720. The van der Waals surface area contributed by atoms with Crippen LogP contribution in [0.25, 0.3) is 0 Å². The van der Waals surface area contributed by atoms with Gasteiger partial charge in [0.2, 0.25) is 0 Å². The highest BCUT2D eigenvalue weighted by atomic mass is 127. The molecule has 0 aliphatic heterocycles. The van der Waals surface area contributed by atoms with Crippen LogP contribution in [0.1, 0.15) is 6.92 Å². The molecule has 0 aliphatic carbocycles. The minimum atomic E-state index is -0.239. The Hall–Kier alpha value is 2.86. The molecule has 0 bridgehead atoms. The molecule has 2 nitrogen and oxygen atoms in total. The van der Waals surface area contributed by atoms with Gasteiger partial charge in [0.25, 0.3) is 0 Å². The van der Waals surface area contributed by atoms with Gasteiger partial charge in [-0.05, 0) is 120 Å². The van der Waals surface area contributed by atoms with Crippen LogP contribution in [0.2, 0.25) is 0 Å². The monoisotopic (exact) mass is 744 g/mol. The third kappa shape index (κ3) is 6.23. The number of hydrogen-bond donors (Lipinski definition) is 0. The zero-order valence-corrected chi connectivity index (χ0v) is 17.2. The standard InChI is InChI=1S/C6H5I5O2/c1-2-13-5(12)3(4(7)8)6(9,10)11/h2H2,1H3. The van der Waals surface area contributed by atoms with Crippen LogP contribution in [0.5, 0.6) is 0 Å². The van der Waals surface area contributed by atoms with E-state index in [-0.39, 0.29) is 5.40 Å². The maximum absolute atomic E-state index is 11.5. The van der Waals surface area contributed by atoms with Crippen LogP contribution >= 0.6 is 113 Å². The topological polar surface area (TPSA) is 26.3 Å². The molecule has 0 atom stereocenters. The van der Waals surface area contributed by atoms with E-state index in [1.54, 1.807) is 0 Å². The first kappa shape index (κ1) is 15.9. The molecular formula is C6H5I5O2. The van der Waals surface area contributed by atoms with Crippen LogP contribution in [-0.2, 0) is 9.53 Å². The summed E-state index contributed by atoms with van der Waals surface area (Å²) in [6.07, 6.45) is 0. The molecule has 0 aromatic heterocycles. The van der Waals surface area contributed by atoms with Crippen LogP contribution in [0, 0.1) is 0 Å². The van der Waals surface area contributed by atoms with E-state index in [4.69, 9.17) is 4.74 Å². The van der Waals surface area contributed by atoms with Gasteiger partial charge in [0.05, 0.1) is 13.8 Å². The summed E-state index contributed by atoms with van der Waals surface area (Å²) in [5.74, 6) is -0.223. The lowest BCUT2D eigenvalue weighted by Crippen LogP contribution is -2.18. The molecule has 0 aliphatic rings. The van der Waals surface area contributed by atoms with Crippen LogP contribution in [-0.4, -0.2) is 12.0 Å². The number of rotatable bonds is 3. The molecule has 13 heavy (non-hydrogen) atoms. The zero-order chi connectivity index (χ0) is 10.6. The summed E-state index contributed by atoms with van der Waals surface area (Å²) >= 11 is 10.9. The Morgan fingerprint density at radius 1 is 1.31 bits per heavy atom. The van der Waals surface area contributed by atoms with Crippen molar-refractivity contribution in [3.8, 4) is 0 Å². The Bertz CT molecular complexity index is 226. The van der Waals surface area contributed by atoms with E-state index >= 15 is 0 Å². The van der Waals surface area contributed by atoms with Gasteiger partial charge < -0.3 is 4.74 Å². The molecule has 76 valence electrons. The molecule has 0 radical (unpaired) electrons. The fourth-order valence-corrected chi connectivity index (χ4v) is 6.32. The molecule has 0 heterocycles. The van der Waals surface area contributed by atoms with E-state index in [0.29, 0.717) is 6.61 Å². The summed E-state index contributed by atoms with van der Waals surface area (Å²) in [6, 6.07) is 0. The molecule has 0 saturated heterocycles. The highest BCUT2D eigenvalue weighted by Gasteiger charge is 2.32. The van der Waals surface area contributed by atoms with Gasteiger partial charge in [0.1, 0.15) is 0 Å². The normalized spacial score (nSPS) is 10.9. The first-order valence-corrected chi connectivity index (χ1v) is 8.49. The summed E-state index contributed by atoms with van der Waals surface area (Å²) in [5, 5.41) is 0. The Morgan fingerprint density at radius 3 is 2.00 bits per heavy atom. The van der Waals surface area contributed by atoms with Gasteiger partial charge in [-0.25, -0.2) is 4.79 Å². The van der Waals surface area contributed by atoms with Crippen molar-refractivity contribution in [2.45, 2.75) is 6.36 Å². The molecule has 0 saturated carbocycles. The van der Waals surface area contributed by atoms with Crippen LogP contribution < -0.4 is 0 Å². The molecule has 0 aromatic rings. The van der Waals surface area contributed by atoms with Gasteiger partial charge in [-0.1, -0.05) is 0 Å². The average molecular weight is 744 g/mol. The fraction of sp³-hybridized carbons (Fsp3) is 0.500. The van der Waals surface area contributed by atoms with Gasteiger partial charge >= 0.3 is 5.97 Å². The molecule has 0 unspecified atom stereocenters. The number of halogens is 5. The number of hydrogen-bond acceptors (Lipinski definition) is 2. The summed E-state index contributed by atoms with van der Waals surface area (Å²) in [4.78, 5) is 11.5. The van der Waals surface area contributed by atoms with Crippen molar-refractivity contribution >= 4 is 119 Å². The molecule has 0 aromatic carbocycles. The molecule has 0 N–H and O–H groups in total. The highest BCUT2D eigenvalue weighted by Crippen LogP contribution is 2.46. The summed E-state index contributed by atoms with van der Waals surface area (Å²) < 4.78 is 5.68. The number of alkyl halides is 3. The summed E-state index contributed by atoms with van der Waals surface area (Å²) in [6.45, 7) is 2.23. The third-order valence-electron chi connectivity index (χ3n) is 0.952. The maximum Gasteiger partial charge on any atom is 0.338 e. The fourth-order valence-electron chi connectivity index (χ4n) is 0.503. The van der Waals surface area contributed by atoms with Crippen LogP contribution in [0.3, 0.4) is 0 Å². The Morgan fingerprint density at radius 2 is 1.77 bits per heavy atom. The third-order valence-corrected chi connectivity index (χ3v) is 3.65. The van der Waals surface area contributed by atoms with Crippen molar-refractivity contribution < 1.29 is 9.53 Å². The lowest BCUT2D eigenvalue weighted by molar-refractivity contribution is -0.138. The van der Waals surface area contributed by atoms with Crippen molar-refractivity contribution in [1.82, 2.24) is 0 Å². The van der Waals surface area contributed by atoms with E-state index < -0.39 is 0 Å². The van der Waals surface area contributed by atoms with Crippen molar-refractivity contribution in [2.75, 3.05) is 6.61 Å². The van der Waals surface area contributed by atoms with Gasteiger partial charge in [-0.2, -0.15) is 0 Å². The average Bonchev–Trinajstić information content (AvgIpc) is 1.82. The number of carbonyl (C=O) groups excluding carboxylic acids is 1. The van der Waals surface area contributed by atoms with Crippen LogP contribution in [0.15, 0.2) is 7.16 Å². The van der Waals surface area contributed by atoms with E-state index in [1.807, 2.05) is 6.92 Å². The lowest BCUT2D eigenvalue weighted by Gasteiger charge is -2.16. The molecule has 0 rings (SSSR count). The largest absolute Gasteiger partial charge is 0.463 e. The predicted molar refractivity (Wildman–Crippen MR) is 96.5 cm³/mol. The minimum absolute atomic E-state index is 0.223. The van der Waals surface area contributed by atoms with Crippen molar-refractivity contribution in [1.29, 1.82) is 0 Å². The molecule has 7 heteroatoms. The minimum Gasteiger partial charge on any atom is -0.463 e. The zero-order valence-electron chi connectivity index (χ0n) is 6.41. The van der Waals surface area contributed by atoms with Crippen molar-refractivity contribution in [2.24, 2.45) is 0 Å². The smallest absolute Gasteiger partial charge is 0.338 e. The molecule has 0 amide bonds. The number of esters is 1. The van der Waals surface area contributed by atoms with Gasteiger partial charge in [-0.15, -0.1) is 0 Å². The van der Waals surface area contributed by atoms with Crippen LogP contribution in [0.4, 0.5) is 0 Å². The molecular weight excluding hydrogens is 739 g/mol. The van der Waals surface area contributed by atoms with E-state index in [2.05, 4.69) is 113 Å². The second-order valence-electron chi connectivity index (χ2n) is 1.85. The SMILES string of the molecule is CCOC(=O)C(=C(I)I)C(I)(I)I. The van der Waals surface area contributed by atoms with Gasteiger partial charge in [0, 0.05) is 0 Å². The highest BCUT2D eigenvalue weighted by molar-refractivity contribution is 14.3. The Labute approximate surface area is 145 Å². The molecule has 0 fully saturated rings. The van der Waals surface area contributed by atoms with E-state index in [1.165, 1.54) is 0 Å². The maximum atomic E-state index is 11.5. The first-order chi connectivity index (χ1) is 5.80. The lowest BCUT2D eigenvalue weighted by atomic mass is 10.4. The summed E-state index contributed by atoms with van der Waals surface area (Å²) in [7, 11) is 0. The number of carbonyl (C=O) groups is 1. The van der Waals surface area contributed by atoms with Gasteiger partial charge in [-0.3, -0.25) is 0 Å². The van der Waals surface area contributed by atoms with E-state index in [0.717, 1.165) is 7.16 Å². The Balaban J connectivity index is 4.87. The first-order valence-electron chi connectivity index (χ1n) is 3.10. The molecule has 0 spiro atoms. The van der Waals surface area contributed by atoms with Gasteiger partial charge in [0.15, 0.2) is -0.565 Å². The second kappa shape index (κ2) is 7.24. The Kier molecular flexibility index (Phi) is 8.83. The quantitative estimate of drug-likeness (QED) is 0.183. The predicted octanol–water partition coefficient (Wildman–Crippen LogP) is 4.59. The van der Waals surface area contributed by atoms with Crippen molar-refractivity contribution in [3.05, 3.63) is 7.16 Å². The number of ether oxygens (including phenoxy) is 1.